The molecule has 0 aliphatic carbocycles. The largest absolute Gasteiger partial charge is 0.311 e. The highest BCUT2D eigenvalue weighted by Gasteiger charge is 2.17. The van der Waals surface area contributed by atoms with E-state index in [1.54, 1.807) is 0 Å². The Morgan fingerprint density at radius 1 is 0.250 bits per heavy atom. The molecule has 0 aliphatic rings. The van der Waals surface area contributed by atoms with Crippen LogP contribution in [0.25, 0.3) is 86.6 Å². The van der Waals surface area contributed by atoms with Crippen LogP contribution in [-0.2, 0) is 0 Å². The first kappa shape index (κ1) is 35.6. The molecule has 10 aromatic carbocycles. The number of nitrogens with zero attached hydrogens (tertiary/aromatic N) is 1. The van der Waals surface area contributed by atoms with Crippen molar-refractivity contribution < 1.29 is 0 Å². The standard InChI is InChI=1S/C58H39NS/c1-4-15-41(16-5-1)50-38-33-45(39-56(50)53-26-12-20-42-19-10-11-23-49(42)53)40-29-34-47(35-30-40)59(46-21-8-3-9-22-46)48-36-31-44(32-37-48)52-25-14-28-55-54-27-13-24-51(57(54)60-58(52)55)43-17-6-2-7-18-43/h1-39H. The molecule has 0 amide bonds. The topological polar surface area (TPSA) is 3.24 Å². The first-order valence-corrected chi connectivity index (χ1v) is 21.3. The predicted octanol–water partition coefficient (Wildman–Crippen LogP) is 17.0. The zero-order valence-corrected chi connectivity index (χ0v) is 33.7. The molecular weight excluding hydrogens is 743 g/mol. The number of fused-ring (bicyclic) bond motifs is 4. The Hall–Kier alpha value is -7.52. The van der Waals surface area contributed by atoms with E-state index in [0.717, 1.165) is 17.1 Å². The molecule has 1 heterocycles. The van der Waals surface area contributed by atoms with Crippen LogP contribution < -0.4 is 4.90 Å². The zero-order chi connectivity index (χ0) is 39.8. The molecular formula is C58H39NS. The van der Waals surface area contributed by atoms with Crippen LogP contribution in [0.15, 0.2) is 237 Å². The molecule has 0 radical (unpaired) electrons. The Bertz CT molecular complexity index is 3270. The number of anilines is 3. The minimum Gasteiger partial charge on any atom is -0.311 e. The summed E-state index contributed by atoms with van der Waals surface area (Å²) in [5, 5.41) is 5.11. The van der Waals surface area contributed by atoms with Gasteiger partial charge in [-0.3, -0.25) is 0 Å². The lowest BCUT2D eigenvalue weighted by molar-refractivity contribution is 1.28. The van der Waals surface area contributed by atoms with Crippen LogP contribution in [0.4, 0.5) is 17.1 Å². The second-order valence-electron chi connectivity index (χ2n) is 15.3. The van der Waals surface area contributed by atoms with E-state index in [4.69, 9.17) is 0 Å². The van der Waals surface area contributed by atoms with Gasteiger partial charge in [-0.15, -0.1) is 11.3 Å². The van der Waals surface area contributed by atoms with Gasteiger partial charge in [-0.1, -0.05) is 194 Å². The van der Waals surface area contributed by atoms with E-state index in [1.165, 1.54) is 86.6 Å². The van der Waals surface area contributed by atoms with Crippen LogP contribution in [0.2, 0.25) is 0 Å². The smallest absolute Gasteiger partial charge is 0.0462 e. The molecule has 0 spiro atoms. The van der Waals surface area contributed by atoms with Crippen molar-refractivity contribution in [2.75, 3.05) is 4.90 Å². The fourth-order valence-electron chi connectivity index (χ4n) is 8.79. The molecule has 1 aromatic heterocycles. The van der Waals surface area contributed by atoms with Crippen LogP contribution in [0.1, 0.15) is 0 Å². The second kappa shape index (κ2) is 15.3. The number of para-hydroxylation sites is 1. The summed E-state index contributed by atoms with van der Waals surface area (Å²) in [7, 11) is 0. The quantitative estimate of drug-likeness (QED) is 0.148. The van der Waals surface area contributed by atoms with Crippen LogP contribution in [0.5, 0.6) is 0 Å². The van der Waals surface area contributed by atoms with Gasteiger partial charge in [-0.2, -0.15) is 0 Å². The molecule has 60 heavy (non-hydrogen) atoms. The maximum atomic E-state index is 2.37. The van der Waals surface area contributed by atoms with E-state index in [9.17, 15) is 0 Å². The lowest BCUT2D eigenvalue weighted by Crippen LogP contribution is -2.09. The van der Waals surface area contributed by atoms with Gasteiger partial charge in [0.1, 0.15) is 0 Å². The molecule has 0 atom stereocenters. The molecule has 0 saturated heterocycles. The molecule has 0 N–H and O–H groups in total. The highest BCUT2D eigenvalue weighted by atomic mass is 32.1. The average molecular weight is 782 g/mol. The third kappa shape index (κ3) is 6.44. The molecule has 11 rings (SSSR count). The number of rotatable bonds is 8. The van der Waals surface area contributed by atoms with Gasteiger partial charge in [-0.05, 0) is 109 Å². The third-order valence-electron chi connectivity index (χ3n) is 11.7. The third-order valence-corrected chi connectivity index (χ3v) is 13.0. The highest BCUT2D eigenvalue weighted by Crippen LogP contribution is 2.45. The van der Waals surface area contributed by atoms with Crippen molar-refractivity contribution in [1.29, 1.82) is 0 Å². The summed E-state index contributed by atoms with van der Waals surface area (Å²) in [5.41, 5.74) is 15.6. The summed E-state index contributed by atoms with van der Waals surface area (Å²) in [5.74, 6) is 0. The molecule has 11 aromatic rings. The van der Waals surface area contributed by atoms with Crippen molar-refractivity contribution in [2.24, 2.45) is 0 Å². The molecule has 0 unspecified atom stereocenters. The van der Waals surface area contributed by atoms with Crippen molar-refractivity contribution in [3.63, 3.8) is 0 Å². The monoisotopic (exact) mass is 781 g/mol. The van der Waals surface area contributed by atoms with Crippen LogP contribution in [-0.4, -0.2) is 0 Å². The Kier molecular flexibility index (Phi) is 9.11. The van der Waals surface area contributed by atoms with Gasteiger partial charge in [0.05, 0.1) is 0 Å². The molecule has 0 fully saturated rings. The Morgan fingerprint density at radius 2 is 0.683 bits per heavy atom. The van der Waals surface area contributed by atoms with Gasteiger partial charge in [0.2, 0.25) is 0 Å². The molecule has 2 heteroatoms. The first-order chi connectivity index (χ1) is 29.8. The maximum absolute atomic E-state index is 2.37. The molecule has 0 bridgehead atoms. The van der Waals surface area contributed by atoms with E-state index in [1.807, 2.05) is 11.3 Å². The summed E-state index contributed by atoms with van der Waals surface area (Å²) >= 11 is 1.90. The summed E-state index contributed by atoms with van der Waals surface area (Å²) in [6, 6.07) is 85.9. The van der Waals surface area contributed by atoms with E-state index in [0.29, 0.717) is 0 Å². The van der Waals surface area contributed by atoms with Crippen molar-refractivity contribution in [3.05, 3.63) is 237 Å². The van der Waals surface area contributed by atoms with Gasteiger partial charge in [0.15, 0.2) is 0 Å². The SMILES string of the molecule is c1ccc(-c2ccc(-c3ccc(N(c4ccccc4)c4ccc(-c5cccc6c5sc5c(-c7ccccc7)cccc56)cc4)cc3)cc2-c2cccc3ccccc23)cc1. The van der Waals surface area contributed by atoms with Gasteiger partial charge in [-0.25, -0.2) is 0 Å². The molecule has 0 saturated carbocycles. The minimum atomic E-state index is 1.10. The maximum Gasteiger partial charge on any atom is 0.0462 e. The Labute approximate surface area is 354 Å². The normalized spacial score (nSPS) is 11.3. The summed E-state index contributed by atoms with van der Waals surface area (Å²) in [6.07, 6.45) is 0. The van der Waals surface area contributed by atoms with Crippen molar-refractivity contribution >= 4 is 59.3 Å². The number of thiophene rings is 1. The number of benzene rings is 10. The van der Waals surface area contributed by atoms with Crippen molar-refractivity contribution in [3.8, 4) is 55.6 Å². The van der Waals surface area contributed by atoms with Gasteiger partial charge in [0.25, 0.3) is 0 Å². The Balaban J connectivity index is 0.961. The van der Waals surface area contributed by atoms with Crippen LogP contribution in [0, 0.1) is 0 Å². The van der Waals surface area contributed by atoms with Gasteiger partial charge >= 0.3 is 0 Å². The summed E-state index contributed by atoms with van der Waals surface area (Å²) in [6.45, 7) is 0. The molecule has 282 valence electrons. The summed E-state index contributed by atoms with van der Waals surface area (Å²) < 4.78 is 2.65. The van der Waals surface area contributed by atoms with Crippen LogP contribution >= 0.6 is 11.3 Å². The van der Waals surface area contributed by atoms with E-state index in [2.05, 4.69) is 241 Å². The lowest BCUT2D eigenvalue weighted by Gasteiger charge is -2.26. The predicted molar refractivity (Wildman–Crippen MR) is 259 cm³/mol. The number of hydrogen-bond donors (Lipinski definition) is 0. The second-order valence-corrected chi connectivity index (χ2v) is 16.3. The van der Waals surface area contributed by atoms with Gasteiger partial charge in [0, 0.05) is 37.2 Å². The van der Waals surface area contributed by atoms with E-state index >= 15 is 0 Å². The average Bonchev–Trinajstić information content (AvgIpc) is 3.72. The molecule has 0 aliphatic heterocycles. The van der Waals surface area contributed by atoms with Gasteiger partial charge < -0.3 is 4.90 Å². The highest BCUT2D eigenvalue weighted by molar-refractivity contribution is 7.26. The van der Waals surface area contributed by atoms with E-state index < -0.39 is 0 Å². The first-order valence-electron chi connectivity index (χ1n) is 20.5. The van der Waals surface area contributed by atoms with Crippen molar-refractivity contribution in [1.82, 2.24) is 0 Å². The van der Waals surface area contributed by atoms with Crippen LogP contribution in [0.3, 0.4) is 0 Å². The van der Waals surface area contributed by atoms with Crippen molar-refractivity contribution in [2.45, 2.75) is 0 Å². The lowest BCUT2D eigenvalue weighted by atomic mass is 9.89. The summed E-state index contributed by atoms with van der Waals surface area (Å²) in [4.78, 5) is 2.35. The molecule has 1 nitrogen and oxygen atoms in total. The fraction of sp³-hybridized carbons (Fsp3) is 0. The minimum absolute atomic E-state index is 1.10. The fourth-order valence-corrected chi connectivity index (χ4v) is 10.2. The zero-order valence-electron chi connectivity index (χ0n) is 32.9. The number of hydrogen-bond acceptors (Lipinski definition) is 2. The Morgan fingerprint density at radius 3 is 1.32 bits per heavy atom. The van der Waals surface area contributed by atoms with E-state index in [-0.39, 0.29) is 0 Å².